The second-order valence-electron chi connectivity index (χ2n) is 4.48. The first-order valence-corrected chi connectivity index (χ1v) is 5.95. The summed E-state index contributed by atoms with van der Waals surface area (Å²) in [6.45, 7) is 0. The van der Waals surface area contributed by atoms with Crippen LogP contribution < -0.4 is 5.43 Å². The number of aromatic hydroxyl groups is 1. The Morgan fingerprint density at radius 3 is 2.70 bits per heavy atom. The highest BCUT2D eigenvalue weighted by atomic mass is 16.4. The SMILES string of the molecule is O=C(O)Cc1cccc2c(=O)c3cc(O)ccc3oc12. The molecule has 20 heavy (non-hydrogen) atoms. The van der Waals surface area contributed by atoms with Crippen LogP contribution in [0.25, 0.3) is 21.9 Å². The fraction of sp³-hybridized carbons (Fsp3) is 0.0667. The zero-order valence-electron chi connectivity index (χ0n) is 10.3. The molecule has 3 rings (SSSR count). The van der Waals surface area contributed by atoms with Gasteiger partial charge in [0.2, 0.25) is 5.43 Å². The third-order valence-corrected chi connectivity index (χ3v) is 3.10. The number of para-hydroxylation sites is 1. The molecule has 0 bridgehead atoms. The number of phenolic OH excluding ortho intramolecular Hbond substituents is 1. The summed E-state index contributed by atoms with van der Waals surface area (Å²) in [5, 5.41) is 18.9. The highest BCUT2D eigenvalue weighted by Crippen LogP contribution is 2.24. The number of fused-ring (bicyclic) bond motifs is 2. The summed E-state index contributed by atoms with van der Waals surface area (Å²) in [7, 11) is 0. The molecule has 5 heteroatoms. The van der Waals surface area contributed by atoms with Crippen LogP contribution in [0.5, 0.6) is 5.75 Å². The maximum Gasteiger partial charge on any atom is 0.307 e. The van der Waals surface area contributed by atoms with E-state index in [1.54, 1.807) is 18.2 Å². The van der Waals surface area contributed by atoms with Crippen molar-refractivity contribution in [3.05, 3.63) is 52.2 Å². The van der Waals surface area contributed by atoms with E-state index in [0.29, 0.717) is 16.5 Å². The van der Waals surface area contributed by atoms with Crippen LogP contribution in [0, 0.1) is 0 Å². The van der Waals surface area contributed by atoms with Crippen LogP contribution in [0.2, 0.25) is 0 Å². The quantitative estimate of drug-likeness (QED) is 0.697. The van der Waals surface area contributed by atoms with Crippen LogP contribution in [-0.4, -0.2) is 16.2 Å². The Bertz CT molecular complexity index is 892. The lowest BCUT2D eigenvalue weighted by Crippen LogP contribution is -2.06. The summed E-state index contributed by atoms with van der Waals surface area (Å²) in [5.41, 5.74) is 0.752. The summed E-state index contributed by atoms with van der Waals surface area (Å²) < 4.78 is 5.64. The van der Waals surface area contributed by atoms with Crippen LogP contribution in [0.3, 0.4) is 0 Å². The van der Waals surface area contributed by atoms with Crippen molar-refractivity contribution in [1.82, 2.24) is 0 Å². The molecular weight excluding hydrogens is 260 g/mol. The van der Waals surface area contributed by atoms with Crippen molar-refractivity contribution in [2.75, 3.05) is 0 Å². The highest BCUT2D eigenvalue weighted by molar-refractivity contribution is 5.92. The van der Waals surface area contributed by atoms with Gasteiger partial charge in [0.25, 0.3) is 0 Å². The van der Waals surface area contributed by atoms with Crippen molar-refractivity contribution in [1.29, 1.82) is 0 Å². The van der Waals surface area contributed by atoms with Crippen LogP contribution in [0.4, 0.5) is 0 Å². The summed E-state index contributed by atoms with van der Waals surface area (Å²) >= 11 is 0. The maximum absolute atomic E-state index is 12.4. The molecule has 5 nitrogen and oxygen atoms in total. The molecular formula is C15H10O5. The van der Waals surface area contributed by atoms with E-state index in [2.05, 4.69) is 0 Å². The monoisotopic (exact) mass is 270 g/mol. The molecule has 0 spiro atoms. The van der Waals surface area contributed by atoms with Gasteiger partial charge in [0, 0.05) is 5.56 Å². The van der Waals surface area contributed by atoms with Gasteiger partial charge in [-0.3, -0.25) is 9.59 Å². The maximum atomic E-state index is 12.4. The average molecular weight is 270 g/mol. The molecule has 0 aliphatic rings. The Kier molecular flexibility index (Phi) is 2.68. The normalized spacial score (nSPS) is 11.0. The molecule has 0 unspecified atom stereocenters. The van der Waals surface area contributed by atoms with Gasteiger partial charge >= 0.3 is 5.97 Å². The van der Waals surface area contributed by atoms with Gasteiger partial charge < -0.3 is 14.6 Å². The van der Waals surface area contributed by atoms with Crippen LogP contribution >= 0.6 is 0 Å². The minimum atomic E-state index is -0.994. The second kappa shape index (κ2) is 4.38. The zero-order valence-corrected chi connectivity index (χ0v) is 10.3. The lowest BCUT2D eigenvalue weighted by Gasteiger charge is -2.05. The minimum Gasteiger partial charge on any atom is -0.508 e. The van der Waals surface area contributed by atoms with Gasteiger partial charge in [-0.2, -0.15) is 0 Å². The number of carboxylic acids is 1. The first kappa shape index (κ1) is 12.2. The van der Waals surface area contributed by atoms with E-state index < -0.39 is 5.97 Å². The Hall–Kier alpha value is -2.82. The Balaban J connectivity index is 2.43. The lowest BCUT2D eigenvalue weighted by molar-refractivity contribution is -0.136. The molecule has 0 saturated heterocycles. The third-order valence-electron chi connectivity index (χ3n) is 3.10. The number of carboxylic acid groups (broad SMARTS) is 1. The van der Waals surface area contributed by atoms with E-state index in [0.717, 1.165) is 0 Å². The van der Waals surface area contributed by atoms with Crippen molar-refractivity contribution in [2.24, 2.45) is 0 Å². The predicted octanol–water partition coefficient (Wildman–Crippen LogP) is 2.28. The first-order valence-electron chi connectivity index (χ1n) is 5.95. The van der Waals surface area contributed by atoms with E-state index in [1.807, 2.05) is 0 Å². The van der Waals surface area contributed by atoms with Gasteiger partial charge in [-0.05, 0) is 24.3 Å². The largest absolute Gasteiger partial charge is 0.508 e. The molecule has 2 aromatic carbocycles. The van der Waals surface area contributed by atoms with E-state index in [1.165, 1.54) is 18.2 Å². The van der Waals surface area contributed by atoms with Crippen molar-refractivity contribution in [3.8, 4) is 5.75 Å². The van der Waals surface area contributed by atoms with Crippen molar-refractivity contribution in [2.45, 2.75) is 6.42 Å². The van der Waals surface area contributed by atoms with E-state index in [-0.39, 0.29) is 28.6 Å². The van der Waals surface area contributed by atoms with Crippen LogP contribution in [0.15, 0.2) is 45.6 Å². The second-order valence-corrected chi connectivity index (χ2v) is 4.48. The molecule has 1 aromatic heterocycles. The number of rotatable bonds is 2. The number of carbonyl (C=O) groups is 1. The van der Waals surface area contributed by atoms with E-state index in [4.69, 9.17) is 9.52 Å². The molecule has 2 N–H and O–H groups in total. The Labute approximate surface area is 112 Å². The average Bonchev–Trinajstić information content (AvgIpc) is 2.40. The molecule has 1 heterocycles. The summed E-state index contributed by atoms with van der Waals surface area (Å²) in [4.78, 5) is 23.2. The molecule has 100 valence electrons. The number of aliphatic carboxylic acids is 1. The molecule has 0 aliphatic heterocycles. The van der Waals surface area contributed by atoms with Crippen molar-refractivity contribution in [3.63, 3.8) is 0 Å². The molecule has 0 atom stereocenters. The summed E-state index contributed by atoms with van der Waals surface area (Å²) in [6, 6.07) is 9.05. The fourth-order valence-electron chi connectivity index (χ4n) is 2.23. The third kappa shape index (κ3) is 1.89. The van der Waals surface area contributed by atoms with E-state index >= 15 is 0 Å². The van der Waals surface area contributed by atoms with Gasteiger partial charge in [0.1, 0.15) is 16.9 Å². The van der Waals surface area contributed by atoms with Crippen LogP contribution in [-0.2, 0) is 11.2 Å². The number of hydrogen-bond donors (Lipinski definition) is 2. The number of benzene rings is 2. The summed E-state index contributed by atoms with van der Waals surface area (Å²) in [6.07, 6.45) is -0.218. The van der Waals surface area contributed by atoms with Crippen molar-refractivity contribution >= 4 is 27.9 Å². The van der Waals surface area contributed by atoms with Crippen molar-refractivity contribution < 1.29 is 19.4 Å². The van der Waals surface area contributed by atoms with Gasteiger partial charge in [-0.15, -0.1) is 0 Å². The van der Waals surface area contributed by atoms with Gasteiger partial charge in [-0.25, -0.2) is 0 Å². The molecule has 0 saturated carbocycles. The number of phenols is 1. The molecule has 0 aliphatic carbocycles. The minimum absolute atomic E-state index is 0.0224. The molecule has 3 aromatic rings. The fourth-order valence-corrected chi connectivity index (χ4v) is 2.23. The van der Waals surface area contributed by atoms with E-state index in [9.17, 15) is 14.7 Å². The zero-order chi connectivity index (χ0) is 14.3. The van der Waals surface area contributed by atoms with Crippen LogP contribution in [0.1, 0.15) is 5.56 Å². The summed E-state index contributed by atoms with van der Waals surface area (Å²) in [5.74, 6) is -1.02. The predicted molar refractivity (Wildman–Crippen MR) is 73.0 cm³/mol. The smallest absolute Gasteiger partial charge is 0.307 e. The Morgan fingerprint density at radius 2 is 1.95 bits per heavy atom. The molecule has 0 radical (unpaired) electrons. The van der Waals surface area contributed by atoms with Gasteiger partial charge in [0.05, 0.1) is 17.2 Å². The van der Waals surface area contributed by atoms with Gasteiger partial charge in [0.15, 0.2) is 0 Å². The van der Waals surface area contributed by atoms with Gasteiger partial charge in [-0.1, -0.05) is 12.1 Å². The first-order chi connectivity index (χ1) is 9.56. The topological polar surface area (TPSA) is 87.7 Å². The highest BCUT2D eigenvalue weighted by Gasteiger charge is 2.13. The lowest BCUT2D eigenvalue weighted by atomic mass is 10.1. The number of hydrogen-bond acceptors (Lipinski definition) is 4. The molecule has 0 amide bonds. The Morgan fingerprint density at radius 1 is 1.15 bits per heavy atom. The standard InChI is InChI=1S/C15H10O5/c16-9-4-5-12-11(7-9)14(19)10-3-1-2-8(6-13(17)18)15(10)20-12/h1-5,7,16H,6H2,(H,17,18). The molecule has 0 fully saturated rings.